The molecule has 0 radical (unpaired) electrons. The molecule has 0 aliphatic carbocycles. The molecule has 0 unspecified atom stereocenters. The first-order chi connectivity index (χ1) is 6.22. The quantitative estimate of drug-likeness (QED) is 0.506. The first-order valence-electron chi connectivity index (χ1n) is 3.72. The Labute approximate surface area is 81.1 Å². The summed E-state index contributed by atoms with van der Waals surface area (Å²) in [5, 5.41) is 14.2. The van der Waals surface area contributed by atoms with Crippen LogP contribution in [0.15, 0.2) is 24.3 Å². The van der Waals surface area contributed by atoms with Crippen LogP contribution in [0.2, 0.25) is 0 Å². The molecule has 66 valence electrons. The van der Waals surface area contributed by atoms with Crippen LogP contribution in [0.5, 0.6) is 0 Å². The predicted molar refractivity (Wildman–Crippen MR) is 53.6 cm³/mol. The molecule has 1 aromatic carbocycles. The van der Waals surface area contributed by atoms with Gasteiger partial charge in [0.1, 0.15) is 0 Å². The Morgan fingerprint density at radius 1 is 1.46 bits per heavy atom. The molecule has 0 aromatic heterocycles. The van der Waals surface area contributed by atoms with Crippen molar-refractivity contribution < 1.29 is 5.41 Å². The van der Waals surface area contributed by atoms with Gasteiger partial charge in [0.05, 0.1) is 11.6 Å². The summed E-state index contributed by atoms with van der Waals surface area (Å²) in [6.07, 6.45) is 0. The topological polar surface area (TPSA) is 75.4 Å². The molecule has 0 aliphatic rings. The maximum Gasteiger partial charge on any atom is 0.300 e. The summed E-state index contributed by atoms with van der Waals surface area (Å²) >= 11 is 1.39. The maximum absolute atomic E-state index is 8.55. The Morgan fingerprint density at radius 3 is 2.54 bits per heavy atom. The molecule has 0 saturated carbocycles. The number of hydrogen-bond acceptors (Lipinski definition) is 2. The summed E-state index contributed by atoms with van der Waals surface area (Å²) in [4.78, 5) is 0. The normalized spacial score (nSPS) is 9.15. The van der Waals surface area contributed by atoms with E-state index in [4.69, 9.17) is 16.4 Å². The van der Waals surface area contributed by atoms with Gasteiger partial charge in [-0.3, -0.25) is 11.1 Å². The highest BCUT2D eigenvalue weighted by atomic mass is 32.2. The lowest BCUT2D eigenvalue weighted by atomic mass is 10.2. The van der Waals surface area contributed by atoms with Gasteiger partial charge in [0.25, 0.3) is 5.17 Å². The van der Waals surface area contributed by atoms with Gasteiger partial charge in [-0.1, -0.05) is 12.1 Å². The number of rotatable bonds is 2. The third-order valence-electron chi connectivity index (χ3n) is 1.49. The summed E-state index contributed by atoms with van der Waals surface area (Å²) in [7, 11) is 0. The molecule has 4 N–H and O–H groups in total. The van der Waals surface area contributed by atoms with Crippen molar-refractivity contribution >= 4 is 16.9 Å². The van der Waals surface area contributed by atoms with Gasteiger partial charge in [-0.05, 0) is 29.5 Å². The minimum Gasteiger partial charge on any atom is -0.282 e. The van der Waals surface area contributed by atoms with Gasteiger partial charge in [0.2, 0.25) is 0 Å². The first kappa shape index (κ1) is 9.62. The monoisotopic (exact) mass is 192 g/mol. The summed E-state index contributed by atoms with van der Waals surface area (Å²) < 4.78 is 0. The second-order valence-corrected chi connectivity index (χ2v) is 3.55. The highest BCUT2D eigenvalue weighted by Crippen LogP contribution is 2.11. The lowest BCUT2D eigenvalue weighted by molar-refractivity contribution is -0.110. The molecule has 4 heteroatoms. The zero-order chi connectivity index (χ0) is 9.68. The van der Waals surface area contributed by atoms with Crippen molar-refractivity contribution in [3.63, 3.8) is 0 Å². The first-order valence-corrected chi connectivity index (χ1v) is 4.70. The second-order valence-electron chi connectivity index (χ2n) is 2.50. The van der Waals surface area contributed by atoms with Crippen LogP contribution in [0, 0.1) is 11.3 Å². The number of benzene rings is 1. The molecular weight excluding hydrogens is 182 g/mol. The van der Waals surface area contributed by atoms with E-state index in [-0.39, 0.29) is 0 Å². The largest absolute Gasteiger partial charge is 0.300 e. The molecule has 0 spiro atoms. The van der Waals surface area contributed by atoms with E-state index in [9.17, 15) is 0 Å². The standard InChI is InChI=1S/C9H9N3S/c10-5-7-1-3-8(4-2-7)6-13-9(11)12/h1-4H,6H2,(H3,11,12)/p+1. The van der Waals surface area contributed by atoms with E-state index < -0.39 is 0 Å². The van der Waals surface area contributed by atoms with Crippen LogP contribution in [0.3, 0.4) is 0 Å². The highest BCUT2D eigenvalue weighted by molar-refractivity contribution is 8.12. The molecule has 0 atom stereocenters. The number of nitrogens with two attached hydrogens (primary N) is 2. The Hall–Kier alpha value is -1.47. The highest BCUT2D eigenvalue weighted by Gasteiger charge is 1.98. The number of thioether (sulfide) groups is 1. The summed E-state index contributed by atoms with van der Waals surface area (Å²) in [5.41, 5.74) is 7.08. The Bertz CT molecular complexity index is 337. The average molecular weight is 192 g/mol. The van der Waals surface area contributed by atoms with Gasteiger partial charge in [-0.15, -0.1) is 0 Å². The van der Waals surface area contributed by atoms with Crippen molar-refractivity contribution in [1.29, 1.82) is 5.26 Å². The van der Waals surface area contributed by atoms with E-state index in [1.807, 2.05) is 12.1 Å². The van der Waals surface area contributed by atoms with Crippen LogP contribution in [0.25, 0.3) is 0 Å². The molecular formula is C9H10N3S+. The SMILES string of the molecule is N#Cc1ccc(CSC(N)=[NH2+])cc1. The molecule has 0 saturated heterocycles. The Morgan fingerprint density at radius 2 is 2.08 bits per heavy atom. The average Bonchev–Trinajstić information content (AvgIpc) is 2.15. The Balaban J connectivity index is 2.60. The minimum atomic E-state index is 0.365. The van der Waals surface area contributed by atoms with E-state index in [1.54, 1.807) is 12.1 Å². The molecule has 0 amide bonds. The predicted octanol–water partition coefficient (Wildman–Crippen LogP) is -0.135. The van der Waals surface area contributed by atoms with E-state index in [0.29, 0.717) is 10.7 Å². The molecule has 13 heavy (non-hydrogen) atoms. The zero-order valence-electron chi connectivity index (χ0n) is 7.03. The van der Waals surface area contributed by atoms with Gasteiger partial charge in [0.15, 0.2) is 0 Å². The van der Waals surface area contributed by atoms with Crippen LogP contribution in [0.1, 0.15) is 11.1 Å². The van der Waals surface area contributed by atoms with Crippen molar-refractivity contribution in [3.8, 4) is 6.07 Å². The van der Waals surface area contributed by atoms with E-state index >= 15 is 0 Å². The number of hydrogen-bond donors (Lipinski definition) is 2. The maximum atomic E-state index is 8.55. The van der Waals surface area contributed by atoms with Gasteiger partial charge in [-0.25, -0.2) is 0 Å². The van der Waals surface area contributed by atoms with Gasteiger partial charge in [0, 0.05) is 5.75 Å². The molecule has 0 fully saturated rings. The lowest BCUT2D eigenvalue weighted by Crippen LogP contribution is -2.43. The third kappa shape index (κ3) is 3.18. The van der Waals surface area contributed by atoms with Gasteiger partial charge < -0.3 is 0 Å². The Kier molecular flexibility index (Phi) is 3.35. The zero-order valence-corrected chi connectivity index (χ0v) is 7.84. The molecule has 1 rings (SSSR count). The third-order valence-corrected chi connectivity index (χ3v) is 2.30. The van der Waals surface area contributed by atoms with Crippen molar-refractivity contribution in [3.05, 3.63) is 35.4 Å². The van der Waals surface area contributed by atoms with E-state index in [1.165, 1.54) is 11.8 Å². The number of nitriles is 1. The molecule has 1 aromatic rings. The van der Waals surface area contributed by atoms with Gasteiger partial charge >= 0.3 is 0 Å². The van der Waals surface area contributed by atoms with Crippen LogP contribution in [0.4, 0.5) is 0 Å². The number of amidine groups is 1. The fourth-order valence-electron chi connectivity index (χ4n) is 0.842. The smallest absolute Gasteiger partial charge is 0.282 e. The van der Waals surface area contributed by atoms with Gasteiger partial charge in [-0.2, -0.15) is 5.26 Å². The fraction of sp³-hybridized carbons (Fsp3) is 0.111. The van der Waals surface area contributed by atoms with Crippen LogP contribution < -0.4 is 11.1 Å². The van der Waals surface area contributed by atoms with Crippen molar-refractivity contribution in [2.45, 2.75) is 5.75 Å². The van der Waals surface area contributed by atoms with Crippen LogP contribution in [-0.4, -0.2) is 5.17 Å². The lowest BCUT2D eigenvalue weighted by Gasteiger charge is -1.96. The second kappa shape index (κ2) is 4.53. The molecule has 0 bridgehead atoms. The molecule has 0 aliphatic heterocycles. The van der Waals surface area contributed by atoms with Crippen molar-refractivity contribution in [2.75, 3.05) is 0 Å². The summed E-state index contributed by atoms with van der Waals surface area (Å²) in [5.74, 6) is 0.744. The van der Waals surface area contributed by atoms with Crippen molar-refractivity contribution in [1.82, 2.24) is 0 Å². The molecule has 3 nitrogen and oxygen atoms in total. The number of nitrogens with zero attached hydrogens (tertiary/aromatic N) is 1. The summed E-state index contributed by atoms with van der Waals surface area (Å²) in [6, 6.07) is 9.41. The molecule has 0 heterocycles. The van der Waals surface area contributed by atoms with Crippen LogP contribution in [-0.2, 0) is 5.75 Å². The van der Waals surface area contributed by atoms with E-state index in [0.717, 1.165) is 11.3 Å². The van der Waals surface area contributed by atoms with E-state index in [2.05, 4.69) is 6.07 Å². The summed E-state index contributed by atoms with van der Waals surface area (Å²) in [6.45, 7) is 0. The minimum absolute atomic E-state index is 0.365. The van der Waals surface area contributed by atoms with Crippen molar-refractivity contribution in [2.24, 2.45) is 5.73 Å². The van der Waals surface area contributed by atoms with Crippen LogP contribution >= 0.6 is 11.8 Å². The fourth-order valence-corrected chi connectivity index (χ4v) is 1.37.